The van der Waals surface area contributed by atoms with Crippen LogP contribution in [0.1, 0.15) is 12.8 Å². The smallest absolute Gasteiger partial charge is 0.305 e. The summed E-state index contributed by atoms with van der Waals surface area (Å²) in [5.41, 5.74) is 0. The molecule has 0 radical (unpaired) electrons. The van der Waals surface area contributed by atoms with Crippen LogP contribution in [0.5, 0.6) is 5.75 Å². The number of hydrogen-bond acceptors (Lipinski definition) is 3. The summed E-state index contributed by atoms with van der Waals surface area (Å²) < 4.78 is 10.3. The van der Waals surface area contributed by atoms with Gasteiger partial charge in [0.25, 0.3) is 0 Å². The lowest BCUT2D eigenvalue weighted by atomic mass is 10.1. The van der Waals surface area contributed by atoms with Gasteiger partial charge in [-0.25, -0.2) is 0 Å². The molecule has 3 nitrogen and oxygen atoms in total. The number of benzene rings is 2. The molecule has 0 atom stereocenters. The Labute approximate surface area is 106 Å². The van der Waals surface area contributed by atoms with Crippen LogP contribution >= 0.6 is 0 Å². The van der Waals surface area contributed by atoms with Crippen molar-refractivity contribution in [3.8, 4) is 5.75 Å². The first-order valence-electron chi connectivity index (χ1n) is 5.98. The predicted molar refractivity (Wildman–Crippen MR) is 70.7 cm³/mol. The number of hydrogen-bond donors (Lipinski definition) is 0. The summed E-state index contributed by atoms with van der Waals surface area (Å²) >= 11 is 0. The van der Waals surface area contributed by atoms with E-state index in [9.17, 15) is 4.79 Å². The molecule has 0 bridgehead atoms. The Morgan fingerprint density at radius 2 is 1.89 bits per heavy atom. The zero-order valence-corrected chi connectivity index (χ0v) is 10.4. The van der Waals surface area contributed by atoms with Crippen molar-refractivity contribution in [3.63, 3.8) is 0 Å². The molecule has 0 aliphatic carbocycles. The van der Waals surface area contributed by atoms with Gasteiger partial charge in [-0.1, -0.05) is 36.4 Å². The van der Waals surface area contributed by atoms with Gasteiger partial charge in [0.05, 0.1) is 13.7 Å². The van der Waals surface area contributed by atoms with E-state index < -0.39 is 0 Å². The van der Waals surface area contributed by atoms with Crippen LogP contribution in [0.15, 0.2) is 42.5 Å². The molecule has 0 unspecified atom stereocenters. The maximum Gasteiger partial charge on any atom is 0.305 e. The Kier molecular flexibility index (Phi) is 4.18. The van der Waals surface area contributed by atoms with Gasteiger partial charge in [-0.05, 0) is 17.9 Å². The molecule has 0 saturated carbocycles. The fourth-order valence-corrected chi connectivity index (χ4v) is 1.82. The topological polar surface area (TPSA) is 35.5 Å². The summed E-state index contributed by atoms with van der Waals surface area (Å²) in [5.74, 6) is 0.662. The normalized spacial score (nSPS) is 10.3. The SMILES string of the molecule is COC(=O)CCCOc1cccc2ccccc12. The first kappa shape index (κ1) is 12.4. The zero-order valence-electron chi connectivity index (χ0n) is 10.4. The number of esters is 1. The van der Waals surface area contributed by atoms with Gasteiger partial charge < -0.3 is 9.47 Å². The molecule has 2 rings (SSSR count). The third-order valence-electron chi connectivity index (χ3n) is 2.76. The third-order valence-corrected chi connectivity index (χ3v) is 2.76. The van der Waals surface area contributed by atoms with Crippen molar-refractivity contribution in [2.24, 2.45) is 0 Å². The van der Waals surface area contributed by atoms with Crippen molar-refractivity contribution >= 4 is 16.7 Å². The lowest BCUT2D eigenvalue weighted by molar-refractivity contribution is -0.140. The summed E-state index contributed by atoms with van der Waals surface area (Å²) in [6, 6.07) is 14.0. The number of carbonyl (C=O) groups is 1. The Morgan fingerprint density at radius 1 is 1.11 bits per heavy atom. The Morgan fingerprint density at radius 3 is 2.72 bits per heavy atom. The lowest BCUT2D eigenvalue weighted by Crippen LogP contribution is -2.04. The highest BCUT2D eigenvalue weighted by Crippen LogP contribution is 2.25. The number of methoxy groups -OCH3 is 1. The van der Waals surface area contributed by atoms with Crippen LogP contribution in [-0.2, 0) is 9.53 Å². The van der Waals surface area contributed by atoms with E-state index >= 15 is 0 Å². The Hall–Kier alpha value is -2.03. The van der Waals surface area contributed by atoms with E-state index in [0.29, 0.717) is 19.4 Å². The van der Waals surface area contributed by atoms with E-state index in [1.54, 1.807) is 0 Å². The largest absolute Gasteiger partial charge is 0.493 e. The quantitative estimate of drug-likeness (QED) is 0.598. The second kappa shape index (κ2) is 6.05. The second-order valence-electron chi connectivity index (χ2n) is 4.01. The monoisotopic (exact) mass is 244 g/mol. The number of rotatable bonds is 5. The molecule has 94 valence electrons. The lowest BCUT2D eigenvalue weighted by Gasteiger charge is -2.08. The van der Waals surface area contributed by atoms with E-state index in [2.05, 4.69) is 16.9 Å². The van der Waals surface area contributed by atoms with Gasteiger partial charge in [0.2, 0.25) is 0 Å². The van der Waals surface area contributed by atoms with E-state index in [-0.39, 0.29) is 5.97 Å². The van der Waals surface area contributed by atoms with Gasteiger partial charge in [0, 0.05) is 11.8 Å². The Balaban J connectivity index is 1.97. The number of fused-ring (bicyclic) bond motifs is 1. The molecule has 0 amide bonds. The van der Waals surface area contributed by atoms with Gasteiger partial charge in [-0.2, -0.15) is 0 Å². The maximum atomic E-state index is 11.0. The van der Waals surface area contributed by atoms with Gasteiger partial charge in [-0.15, -0.1) is 0 Å². The average molecular weight is 244 g/mol. The van der Waals surface area contributed by atoms with Gasteiger partial charge in [0.1, 0.15) is 5.75 Å². The minimum atomic E-state index is -0.198. The molecule has 3 heteroatoms. The third kappa shape index (κ3) is 3.00. The molecule has 0 N–H and O–H groups in total. The minimum Gasteiger partial charge on any atom is -0.493 e. The van der Waals surface area contributed by atoms with E-state index in [1.165, 1.54) is 7.11 Å². The van der Waals surface area contributed by atoms with Crippen LogP contribution in [0.4, 0.5) is 0 Å². The highest BCUT2D eigenvalue weighted by atomic mass is 16.5. The highest BCUT2D eigenvalue weighted by Gasteiger charge is 2.03. The van der Waals surface area contributed by atoms with E-state index in [1.807, 2.05) is 30.3 Å². The molecule has 18 heavy (non-hydrogen) atoms. The van der Waals surface area contributed by atoms with Crippen molar-refractivity contribution in [1.29, 1.82) is 0 Å². The molecule has 0 spiro atoms. The van der Waals surface area contributed by atoms with Gasteiger partial charge >= 0.3 is 5.97 Å². The van der Waals surface area contributed by atoms with Crippen molar-refractivity contribution in [3.05, 3.63) is 42.5 Å². The van der Waals surface area contributed by atoms with Crippen LogP contribution in [0.2, 0.25) is 0 Å². The molecule has 2 aromatic carbocycles. The molecule has 0 aliphatic rings. The molecular formula is C15H16O3. The number of carbonyl (C=O) groups excluding carboxylic acids is 1. The molecule has 2 aromatic rings. The molecule has 0 aromatic heterocycles. The number of ether oxygens (including phenoxy) is 2. The van der Waals surface area contributed by atoms with E-state index in [4.69, 9.17) is 4.74 Å². The fourth-order valence-electron chi connectivity index (χ4n) is 1.82. The van der Waals surface area contributed by atoms with Crippen LogP contribution < -0.4 is 4.74 Å². The maximum absolute atomic E-state index is 11.0. The Bertz CT molecular complexity index is 529. The van der Waals surface area contributed by atoms with Crippen LogP contribution in [0, 0.1) is 0 Å². The molecule has 0 aliphatic heterocycles. The summed E-state index contributed by atoms with van der Waals surface area (Å²) in [6.45, 7) is 0.517. The highest BCUT2D eigenvalue weighted by molar-refractivity contribution is 5.88. The fraction of sp³-hybridized carbons (Fsp3) is 0.267. The summed E-state index contributed by atoms with van der Waals surface area (Å²) in [6.07, 6.45) is 1.05. The molecular weight excluding hydrogens is 228 g/mol. The van der Waals surface area contributed by atoms with Crippen molar-refractivity contribution in [1.82, 2.24) is 0 Å². The molecule has 0 fully saturated rings. The molecule has 0 saturated heterocycles. The van der Waals surface area contributed by atoms with Crippen molar-refractivity contribution in [2.45, 2.75) is 12.8 Å². The standard InChI is InChI=1S/C15H16O3/c1-17-15(16)10-5-11-18-14-9-4-7-12-6-2-3-8-13(12)14/h2-4,6-9H,5,10-11H2,1H3. The van der Waals surface area contributed by atoms with E-state index in [0.717, 1.165) is 16.5 Å². The van der Waals surface area contributed by atoms with Crippen LogP contribution in [0.25, 0.3) is 10.8 Å². The van der Waals surface area contributed by atoms with Crippen LogP contribution in [0.3, 0.4) is 0 Å². The molecule has 0 heterocycles. The second-order valence-corrected chi connectivity index (χ2v) is 4.01. The first-order chi connectivity index (χ1) is 8.81. The van der Waals surface area contributed by atoms with Crippen molar-refractivity contribution < 1.29 is 14.3 Å². The summed E-state index contributed by atoms with van der Waals surface area (Å²) in [4.78, 5) is 11.0. The van der Waals surface area contributed by atoms with Crippen LogP contribution in [-0.4, -0.2) is 19.7 Å². The zero-order chi connectivity index (χ0) is 12.8. The minimum absolute atomic E-state index is 0.198. The summed E-state index contributed by atoms with van der Waals surface area (Å²) in [5, 5.41) is 2.25. The summed E-state index contributed by atoms with van der Waals surface area (Å²) in [7, 11) is 1.40. The predicted octanol–water partition coefficient (Wildman–Crippen LogP) is 3.17. The van der Waals surface area contributed by atoms with Gasteiger partial charge in [-0.3, -0.25) is 4.79 Å². The average Bonchev–Trinajstić information content (AvgIpc) is 2.43. The van der Waals surface area contributed by atoms with Gasteiger partial charge in [0.15, 0.2) is 0 Å². The van der Waals surface area contributed by atoms with Crippen molar-refractivity contribution in [2.75, 3.05) is 13.7 Å². The first-order valence-corrected chi connectivity index (χ1v) is 5.98.